The van der Waals surface area contributed by atoms with Crippen molar-refractivity contribution >= 4 is 11.6 Å². The molecular formula is C23H27FN6. The van der Waals surface area contributed by atoms with Gasteiger partial charge in [0, 0.05) is 45.3 Å². The summed E-state index contributed by atoms with van der Waals surface area (Å²) in [5.74, 6) is 1.74. The van der Waals surface area contributed by atoms with E-state index in [4.69, 9.17) is 0 Å². The fourth-order valence-electron chi connectivity index (χ4n) is 3.80. The predicted molar refractivity (Wildman–Crippen MR) is 117 cm³/mol. The number of hydrogen-bond acceptors (Lipinski definition) is 6. The van der Waals surface area contributed by atoms with Gasteiger partial charge in [0.25, 0.3) is 0 Å². The van der Waals surface area contributed by atoms with Gasteiger partial charge in [-0.2, -0.15) is 5.10 Å². The zero-order chi connectivity index (χ0) is 20.9. The lowest BCUT2D eigenvalue weighted by Gasteiger charge is -2.36. The van der Waals surface area contributed by atoms with Crippen LogP contribution in [0.15, 0.2) is 48.7 Å². The van der Waals surface area contributed by atoms with E-state index in [9.17, 15) is 4.39 Å². The Morgan fingerprint density at radius 1 is 0.933 bits per heavy atom. The van der Waals surface area contributed by atoms with Gasteiger partial charge in [-0.1, -0.05) is 18.2 Å². The largest absolute Gasteiger partial charge is 0.353 e. The molecule has 0 spiro atoms. The summed E-state index contributed by atoms with van der Waals surface area (Å²) in [6.07, 6.45) is 2.59. The minimum absolute atomic E-state index is 0.223. The highest BCUT2D eigenvalue weighted by Gasteiger charge is 2.21. The van der Waals surface area contributed by atoms with Crippen LogP contribution in [0.2, 0.25) is 0 Å². The molecule has 1 aliphatic rings. The molecule has 0 saturated carbocycles. The summed E-state index contributed by atoms with van der Waals surface area (Å²) in [5, 5.41) is 12.1. The molecule has 4 rings (SSSR count). The summed E-state index contributed by atoms with van der Waals surface area (Å²) in [5.41, 5.74) is 4.23. The van der Waals surface area contributed by atoms with Crippen LogP contribution >= 0.6 is 0 Å². The highest BCUT2D eigenvalue weighted by atomic mass is 19.1. The molecule has 1 aromatic carbocycles. The maximum Gasteiger partial charge on any atom is 0.154 e. The Bertz CT molecular complexity index is 966. The molecule has 156 valence electrons. The quantitative estimate of drug-likeness (QED) is 0.679. The van der Waals surface area contributed by atoms with Gasteiger partial charge in [0.1, 0.15) is 11.6 Å². The summed E-state index contributed by atoms with van der Waals surface area (Å²) in [7, 11) is 1.94. The normalized spacial score (nSPS) is 14.2. The number of halogens is 1. The Labute approximate surface area is 176 Å². The van der Waals surface area contributed by atoms with Gasteiger partial charge in [-0.3, -0.25) is 0 Å². The molecule has 1 saturated heterocycles. The van der Waals surface area contributed by atoms with Gasteiger partial charge in [-0.05, 0) is 54.9 Å². The van der Waals surface area contributed by atoms with E-state index in [-0.39, 0.29) is 5.82 Å². The van der Waals surface area contributed by atoms with Crippen LogP contribution in [0.4, 0.5) is 16.0 Å². The van der Waals surface area contributed by atoms with E-state index in [2.05, 4.69) is 55.4 Å². The van der Waals surface area contributed by atoms with Crippen molar-refractivity contribution in [1.82, 2.24) is 20.5 Å². The fraction of sp³-hybridized carbons (Fsp3) is 0.348. The molecule has 0 radical (unpaired) electrons. The van der Waals surface area contributed by atoms with Crippen molar-refractivity contribution in [2.24, 2.45) is 0 Å². The number of pyridine rings is 1. The molecule has 2 aromatic heterocycles. The first kappa shape index (κ1) is 20.2. The van der Waals surface area contributed by atoms with Gasteiger partial charge in [-0.25, -0.2) is 9.37 Å². The zero-order valence-electron chi connectivity index (χ0n) is 17.5. The third kappa shape index (κ3) is 4.74. The van der Waals surface area contributed by atoms with Crippen molar-refractivity contribution in [2.75, 3.05) is 43.0 Å². The van der Waals surface area contributed by atoms with Crippen molar-refractivity contribution in [3.05, 3.63) is 76.9 Å². The maximum atomic E-state index is 13.1. The summed E-state index contributed by atoms with van der Waals surface area (Å²) >= 11 is 0. The summed E-state index contributed by atoms with van der Waals surface area (Å²) in [6, 6.07) is 12.8. The van der Waals surface area contributed by atoms with Gasteiger partial charge < -0.3 is 15.1 Å². The maximum absolute atomic E-state index is 13.1. The molecular weight excluding hydrogens is 379 g/mol. The highest BCUT2D eigenvalue weighted by molar-refractivity contribution is 5.49. The molecule has 0 unspecified atom stereocenters. The molecule has 0 amide bonds. The van der Waals surface area contributed by atoms with E-state index in [0.717, 1.165) is 61.2 Å². The Hall–Kier alpha value is -3.06. The second kappa shape index (κ2) is 9.17. The molecule has 6 nitrogen and oxygen atoms in total. The van der Waals surface area contributed by atoms with E-state index >= 15 is 0 Å². The molecule has 1 N–H and O–H groups in total. The topological polar surface area (TPSA) is 57.2 Å². The standard InChI is InChI=1S/C23H27FN6/c1-17-13-21(14-18-3-6-20(24)7-4-18)27-28-23(17)30-11-9-29(10-12-30)22-8-5-19(15-25-2)16-26-22/h3-8,13,16,25H,9-12,14-15H2,1-2H3. The van der Waals surface area contributed by atoms with E-state index in [1.807, 2.05) is 13.2 Å². The summed E-state index contributed by atoms with van der Waals surface area (Å²) < 4.78 is 13.1. The van der Waals surface area contributed by atoms with Crippen LogP contribution in [-0.4, -0.2) is 48.4 Å². The minimum atomic E-state index is -0.223. The monoisotopic (exact) mass is 406 g/mol. The van der Waals surface area contributed by atoms with Crippen molar-refractivity contribution in [3.63, 3.8) is 0 Å². The van der Waals surface area contributed by atoms with Crippen LogP contribution in [0.1, 0.15) is 22.4 Å². The number of anilines is 2. The van der Waals surface area contributed by atoms with Crippen LogP contribution in [-0.2, 0) is 13.0 Å². The van der Waals surface area contributed by atoms with Gasteiger partial charge in [0.2, 0.25) is 0 Å². The average Bonchev–Trinajstić information content (AvgIpc) is 2.77. The Morgan fingerprint density at radius 2 is 1.63 bits per heavy atom. The molecule has 7 heteroatoms. The van der Waals surface area contributed by atoms with Crippen molar-refractivity contribution < 1.29 is 4.39 Å². The van der Waals surface area contributed by atoms with E-state index in [1.54, 1.807) is 12.1 Å². The molecule has 1 aliphatic heterocycles. The third-order valence-corrected chi connectivity index (χ3v) is 5.40. The van der Waals surface area contributed by atoms with Crippen LogP contribution in [0.5, 0.6) is 0 Å². The number of piperazine rings is 1. The molecule has 3 heterocycles. The van der Waals surface area contributed by atoms with Crippen LogP contribution in [0.25, 0.3) is 0 Å². The van der Waals surface area contributed by atoms with Gasteiger partial charge in [0.05, 0.1) is 5.69 Å². The molecule has 0 bridgehead atoms. The number of hydrogen-bond donors (Lipinski definition) is 1. The fourth-order valence-corrected chi connectivity index (χ4v) is 3.80. The number of nitrogens with one attached hydrogen (secondary N) is 1. The van der Waals surface area contributed by atoms with E-state index in [0.29, 0.717) is 6.42 Å². The molecule has 1 fully saturated rings. The van der Waals surface area contributed by atoms with Crippen LogP contribution < -0.4 is 15.1 Å². The Balaban J connectivity index is 1.37. The first-order valence-corrected chi connectivity index (χ1v) is 10.3. The third-order valence-electron chi connectivity index (χ3n) is 5.40. The van der Waals surface area contributed by atoms with E-state index in [1.165, 1.54) is 17.7 Å². The van der Waals surface area contributed by atoms with Crippen LogP contribution in [0.3, 0.4) is 0 Å². The van der Waals surface area contributed by atoms with E-state index < -0.39 is 0 Å². The average molecular weight is 407 g/mol. The van der Waals surface area contributed by atoms with Crippen molar-refractivity contribution in [1.29, 1.82) is 0 Å². The predicted octanol–water partition coefficient (Wildman–Crippen LogP) is 2.96. The number of aromatic nitrogens is 3. The second-order valence-electron chi connectivity index (χ2n) is 7.67. The lowest BCUT2D eigenvalue weighted by atomic mass is 10.1. The van der Waals surface area contributed by atoms with Gasteiger partial charge in [0.15, 0.2) is 5.82 Å². The minimum Gasteiger partial charge on any atom is -0.353 e. The highest BCUT2D eigenvalue weighted by Crippen LogP contribution is 2.21. The Kier molecular flexibility index (Phi) is 6.18. The molecule has 0 aliphatic carbocycles. The molecule has 0 atom stereocenters. The van der Waals surface area contributed by atoms with Crippen molar-refractivity contribution in [3.8, 4) is 0 Å². The van der Waals surface area contributed by atoms with Crippen molar-refractivity contribution in [2.45, 2.75) is 19.9 Å². The lowest BCUT2D eigenvalue weighted by molar-refractivity contribution is 0.627. The van der Waals surface area contributed by atoms with Gasteiger partial charge in [-0.15, -0.1) is 5.10 Å². The molecule has 30 heavy (non-hydrogen) atoms. The lowest BCUT2D eigenvalue weighted by Crippen LogP contribution is -2.47. The first-order chi connectivity index (χ1) is 14.6. The zero-order valence-corrected chi connectivity index (χ0v) is 17.5. The van der Waals surface area contributed by atoms with Crippen LogP contribution in [0, 0.1) is 12.7 Å². The second-order valence-corrected chi connectivity index (χ2v) is 7.67. The molecule has 3 aromatic rings. The summed E-state index contributed by atoms with van der Waals surface area (Å²) in [6.45, 7) is 6.47. The smallest absolute Gasteiger partial charge is 0.154 e. The number of aryl methyl sites for hydroxylation is 1. The Morgan fingerprint density at radius 3 is 2.27 bits per heavy atom. The number of benzene rings is 1. The SMILES string of the molecule is CNCc1ccc(N2CCN(c3nnc(Cc4ccc(F)cc4)cc3C)CC2)nc1. The number of nitrogens with zero attached hydrogens (tertiary/aromatic N) is 5. The number of rotatable bonds is 6. The summed E-state index contributed by atoms with van der Waals surface area (Å²) in [4.78, 5) is 9.21. The first-order valence-electron chi connectivity index (χ1n) is 10.3. The van der Waals surface area contributed by atoms with Gasteiger partial charge >= 0.3 is 0 Å².